The lowest BCUT2D eigenvalue weighted by molar-refractivity contribution is -0.384. The van der Waals surface area contributed by atoms with E-state index in [-0.39, 0.29) is 16.4 Å². The third-order valence-electron chi connectivity index (χ3n) is 2.80. The SMILES string of the molecule is O=[N+]([O-])c1cc(Cl)c(F)cc1NCCC1CC1. The van der Waals surface area contributed by atoms with Crippen LogP contribution in [0, 0.1) is 21.8 Å². The number of halogens is 2. The maximum atomic E-state index is 13.2. The van der Waals surface area contributed by atoms with Gasteiger partial charge in [-0.25, -0.2) is 4.39 Å². The molecular weight excluding hydrogens is 247 g/mol. The van der Waals surface area contributed by atoms with Gasteiger partial charge in [0.05, 0.1) is 9.95 Å². The molecule has 1 aromatic carbocycles. The summed E-state index contributed by atoms with van der Waals surface area (Å²) >= 11 is 5.52. The first-order valence-corrected chi connectivity index (χ1v) is 5.83. The second-order valence-electron chi connectivity index (χ2n) is 4.20. The number of nitrogens with one attached hydrogen (secondary N) is 1. The van der Waals surface area contributed by atoms with E-state index in [0.29, 0.717) is 6.54 Å². The first kappa shape index (κ1) is 12.1. The van der Waals surface area contributed by atoms with E-state index >= 15 is 0 Å². The van der Waals surface area contributed by atoms with E-state index in [9.17, 15) is 14.5 Å². The van der Waals surface area contributed by atoms with Crippen LogP contribution in [0.2, 0.25) is 5.02 Å². The molecule has 0 spiro atoms. The van der Waals surface area contributed by atoms with Gasteiger partial charge in [-0.3, -0.25) is 10.1 Å². The smallest absolute Gasteiger partial charge is 0.294 e. The maximum absolute atomic E-state index is 13.2. The van der Waals surface area contributed by atoms with Gasteiger partial charge in [0, 0.05) is 18.7 Å². The largest absolute Gasteiger partial charge is 0.379 e. The van der Waals surface area contributed by atoms with Gasteiger partial charge in [-0.2, -0.15) is 0 Å². The Balaban J connectivity index is 2.11. The van der Waals surface area contributed by atoms with Gasteiger partial charge in [0.15, 0.2) is 0 Å². The number of rotatable bonds is 5. The Kier molecular flexibility index (Phi) is 3.47. The molecule has 1 fully saturated rings. The van der Waals surface area contributed by atoms with Crippen LogP contribution in [0.25, 0.3) is 0 Å². The Bertz CT molecular complexity index is 449. The molecule has 1 N–H and O–H groups in total. The molecule has 0 unspecified atom stereocenters. The number of benzene rings is 1. The van der Waals surface area contributed by atoms with Crippen molar-refractivity contribution in [2.75, 3.05) is 11.9 Å². The molecule has 0 aliphatic heterocycles. The average Bonchev–Trinajstić information content (AvgIpc) is 3.06. The highest BCUT2D eigenvalue weighted by atomic mass is 35.5. The minimum Gasteiger partial charge on any atom is -0.379 e. The minimum absolute atomic E-state index is 0.188. The van der Waals surface area contributed by atoms with Crippen LogP contribution in [0.5, 0.6) is 0 Å². The number of nitro groups is 1. The molecule has 0 bridgehead atoms. The van der Waals surface area contributed by atoms with Crippen LogP contribution in [0.3, 0.4) is 0 Å². The summed E-state index contributed by atoms with van der Waals surface area (Å²) in [6.07, 6.45) is 3.40. The van der Waals surface area contributed by atoms with Crippen LogP contribution in [0.4, 0.5) is 15.8 Å². The Morgan fingerprint density at radius 1 is 1.53 bits per heavy atom. The number of nitrogens with zero attached hydrogens (tertiary/aromatic N) is 1. The van der Waals surface area contributed by atoms with Crippen molar-refractivity contribution in [1.29, 1.82) is 0 Å². The molecule has 2 rings (SSSR count). The molecule has 0 saturated heterocycles. The van der Waals surface area contributed by atoms with E-state index in [1.165, 1.54) is 12.8 Å². The summed E-state index contributed by atoms with van der Waals surface area (Å²) in [5.74, 6) is 0.0740. The van der Waals surface area contributed by atoms with E-state index in [1.807, 2.05) is 0 Å². The van der Waals surface area contributed by atoms with Gasteiger partial charge in [0.1, 0.15) is 11.5 Å². The molecule has 0 amide bonds. The van der Waals surface area contributed by atoms with Gasteiger partial charge in [0.25, 0.3) is 5.69 Å². The van der Waals surface area contributed by atoms with Crippen molar-refractivity contribution < 1.29 is 9.31 Å². The van der Waals surface area contributed by atoms with Gasteiger partial charge >= 0.3 is 0 Å². The van der Waals surface area contributed by atoms with Crippen LogP contribution in [-0.4, -0.2) is 11.5 Å². The Hall–Kier alpha value is -1.36. The number of anilines is 1. The fourth-order valence-electron chi connectivity index (χ4n) is 1.65. The Morgan fingerprint density at radius 2 is 2.24 bits per heavy atom. The molecule has 92 valence electrons. The van der Waals surface area contributed by atoms with Crippen LogP contribution in [0.1, 0.15) is 19.3 Å². The third kappa shape index (κ3) is 3.06. The molecular formula is C11H12ClFN2O2. The predicted molar refractivity (Wildman–Crippen MR) is 63.9 cm³/mol. The zero-order valence-electron chi connectivity index (χ0n) is 9.08. The summed E-state index contributed by atoms with van der Waals surface area (Å²) in [6, 6.07) is 2.11. The highest BCUT2D eigenvalue weighted by molar-refractivity contribution is 6.31. The van der Waals surface area contributed by atoms with Gasteiger partial charge in [-0.1, -0.05) is 24.4 Å². The summed E-state index contributed by atoms with van der Waals surface area (Å²) in [5, 5.41) is 13.4. The number of nitro benzene ring substituents is 1. The highest BCUT2D eigenvalue weighted by Crippen LogP contribution is 2.33. The summed E-state index contributed by atoms with van der Waals surface area (Å²) in [4.78, 5) is 10.2. The second-order valence-corrected chi connectivity index (χ2v) is 4.61. The standard InChI is InChI=1S/C11H12ClFN2O2/c12-8-5-11(15(16)17)10(6-9(8)13)14-4-3-7-1-2-7/h5-7,14H,1-4H2. The van der Waals surface area contributed by atoms with Crippen molar-refractivity contribution in [3.8, 4) is 0 Å². The molecule has 0 radical (unpaired) electrons. The summed E-state index contributed by atoms with van der Waals surface area (Å²) in [5.41, 5.74) is 0.00440. The van der Waals surface area contributed by atoms with Crippen molar-refractivity contribution in [3.63, 3.8) is 0 Å². The van der Waals surface area contributed by atoms with Crippen LogP contribution < -0.4 is 5.32 Å². The zero-order valence-corrected chi connectivity index (χ0v) is 9.84. The van der Waals surface area contributed by atoms with E-state index in [2.05, 4.69) is 5.32 Å². The Morgan fingerprint density at radius 3 is 2.82 bits per heavy atom. The summed E-state index contributed by atoms with van der Waals surface area (Å²) in [7, 11) is 0. The molecule has 6 heteroatoms. The lowest BCUT2D eigenvalue weighted by Crippen LogP contribution is -2.05. The fraction of sp³-hybridized carbons (Fsp3) is 0.455. The normalized spacial score (nSPS) is 14.7. The first-order valence-electron chi connectivity index (χ1n) is 5.45. The second kappa shape index (κ2) is 4.87. The molecule has 1 aliphatic carbocycles. The lowest BCUT2D eigenvalue weighted by atomic mass is 10.2. The summed E-state index contributed by atoms with van der Waals surface area (Å²) in [6.45, 7) is 0.618. The van der Waals surface area contributed by atoms with Crippen LogP contribution in [-0.2, 0) is 0 Å². The van der Waals surface area contributed by atoms with Gasteiger partial charge in [-0.05, 0) is 12.3 Å². The molecule has 0 heterocycles. The van der Waals surface area contributed by atoms with Crippen LogP contribution in [0.15, 0.2) is 12.1 Å². The molecule has 1 aliphatic rings. The molecule has 1 aromatic rings. The van der Waals surface area contributed by atoms with Crippen molar-refractivity contribution in [2.45, 2.75) is 19.3 Å². The van der Waals surface area contributed by atoms with Crippen molar-refractivity contribution in [2.24, 2.45) is 5.92 Å². The quantitative estimate of drug-likeness (QED) is 0.648. The van der Waals surface area contributed by atoms with Crippen molar-refractivity contribution in [1.82, 2.24) is 0 Å². The highest BCUT2D eigenvalue weighted by Gasteiger charge is 2.22. The van der Waals surface area contributed by atoms with Gasteiger partial charge in [-0.15, -0.1) is 0 Å². The lowest BCUT2D eigenvalue weighted by Gasteiger charge is -2.07. The van der Waals surface area contributed by atoms with E-state index < -0.39 is 10.7 Å². The topological polar surface area (TPSA) is 55.2 Å². The van der Waals surface area contributed by atoms with Crippen LogP contribution >= 0.6 is 11.6 Å². The summed E-state index contributed by atoms with van der Waals surface area (Å²) < 4.78 is 13.2. The molecule has 17 heavy (non-hydrogen) atoms. The monoisotopic (exact) mass is 258 g/mol. The number of hydrogen-bond donors (Lipinski definition) is 1. The van der Waals surface area contributed by atoms with Gasteiger partial charge in [0.2, 0.25) is 0 Å². The predicted octanol–water partition coefficient (Wildman–Crippen LogP) is 3.60. The average molecular weight is 259 g/mol. The first-order chi connectivity index (χ1) is 8.08. The maximum Gasteiger partial charge on any atom is 0.294 e. The van der Waals surface area contributed by atoms with Crippen molar-refractivity contribution >= 4 is 23.0 Å². The van der Waals surface area contributed by atoms with E-state index in [1.54, 1.807) is 0 Å². The van der Waals surface area contributed by atoms with E-state index in [4.69, 9.17) is 11.6 Å². The van der Waals surface area contributed by atoms with Gasteiger partial charge < -0.3 is 5.32 Å². The Labute approximate surface area is 103 Å². The molecule has 1 saturated carbocycles. The number of hydrogen-bond acceptors (Lipinski definition) is 3. The molecule has 4 nitrogen and oxygen atoms in total. The van der Waals surface area contributed by atoms with E-state index in [0.717, 1.165) is 24.5 Å². The minimum atomic E-state index is -0.647. The third-order valence-corrected chi connectivity index (χ3v) is 3.09. The van der Waals surface area contributed by atoms with Crippen molar-refractivity contribution in [3.05, 3.63) is 33.1 Å². The molecule has 0 atom stereocenters. The molecule has 0 aromatic heterocycles. The fourth-order valence-corrected chi connectivity index (χ4v) is 1.80. The zero-order chi connectivity index (χ0) is 12.4.